The normalized spacial score (nSPS) is 8.50. The molecule has 0 fully saturated rings. The fourth-order valence-corrected chi connectivity index (χ4v) is 0.667. The van der Waals surface area contributed by atoms with E-state index in [2.05, 4.69) is 22.6 Å². The first kappa shape index (κ1) is 19.9. The van der Waals surface area contributed by atoms with Crippen LogP contribution in [0.3, 0.4) is 0 Å². The van der Waals surface area contributed by atoms with Crippen molar-refractivity contribution in [1.29, 1.82) is 0 Å². The molecule has 0 unspecified atom stereocenters. The van der Waals surface area contributed by atoms with Gasteiger partial charge in [-0.15, -0.1) is 0 Å². The van der Waals surface area contributed by atoms with E-state index >= 15 is 0 Å². The van der Waals surface area contributed by atoms with Gasteiger partial charge in [-0.3, -0.25) is 9.59 Å². The molecule has 1 N–H and O–H groups in total. The number of esters is 2. The molecule has 0 aromatic carbocycles. The first-order valence-corrected chi connectivity index (χ1v) is 5.53. The second-order valence-corrected chi connectivity index (χ2v) is 3.56. The predicted octanol–water partition coefficient (Wildman–Crippen LogP) is 0.885. The van der Waals surface area contributed by atoms with Gasteiger partial charge in [0.2, 0.25) is 0 Å². The number of hydrogen-bond donors (Lipinski definition) is 1. The van der Waals surface area contributed by atoms with Crippen LogP contribution in [0.15, 0.2) is 24.8 Å². The maximum absolute atomic E-state index is 10.8. The maximum atomic E-state index is 10.8. The smallest absolute Gasteiger partial charge is 0.333 e. The fourth-order valence-electron chi connectivity index (χ4n) is 0.667. The Bertz CT molecular complexity index is 396. The van der Waals surface area contributed by atoms with Crippen LogP contribution in [0.4, 0.5) is 0 Å². The van der Waals surface area contributed by atoms with Crippen molar-refractivity contribution in [2.45, 2.75) is 20.3 Å². The van der Waals surface area contributed by atoms with Crippen molar-refractivity contribution in [3.05, 3.63) is 24.8 Å². The number of carbonyl (C=O) groups is 4. The van der Waals surface area contributed by atoms with E-state index in [0.717, 1.165) is 6.08 Å². The Balaban J connectivity index is 0. The Kier molecular flexibility index (Phi) is 11.6. The van der Waals surface area contributed by atoms with E-state index < -0.39 is 17.9 Å². The Morgan fingerprint density at radius 3 is 1.90 bits per heavy atom. The fraction of sp³-hybridized carbons (Fsp3) is 0.385. The van der Waals surface area contributed by atoms with Gasteiger partial charge < -0.3 is 14.6 Å². The summed E-state index contributed by atoms with van der Waals surface area (Å²) in [6, 6.07) is 0. The standard InChI is InChI=1S/C10H14O5.C3H4O2/c1-7(2)10(13)15-5-4-14-9(12)6-8(3)11;1-2-3(4)5/h1,4-6H2,2-3H3;2H,1H2,(H,4,5). The number of Topliss-reactive ketones (excluding diaryl/α,β-unsaturated/α-hetero) is 1. The molecule has 112 valence electrons. The molecule has 0 aliphatic rings. The van der Waals surface area contributed by atoms with Crippen LogP contribution in [0.25, 0.3) is 0 Å². The highest BCUT2D eigenvalue weighted by Crippen LogP contribution is 1.93. The van der Waals surface area contributed by atoms with Crippen molar-refractivity contribution in [2.24, 2.45) is 0 Å². The van der Waals surface area contributed by atoms with Crippen LogP contribution in [-0.4, -0.2) is 42.0 Å². The summed E-state index contributed by atoms with van der Waals surface area (Å²) in [6.07, 6.45) is 0.578. The number of carboxylic acid groups (broad SMARTS) is 1. The van der Waals surface area contributed by atoms with Crippen molar-refractivity contribution in [3.8, 4) is 0 Å². The van der Waals surface area contributed by atoms with Gasteiger partial charge in [-0.25, -0.2) is 9.59 Å². The molecule has 0 aliphatic carbocycles. The average Bonchev–Trinajstić information content (AvgIpc) is 2.33. The maximum Gasteiger partial charge on any atom is 0.333 e. The molecule has 0 amide bonds. The van der Waals surface area contributed by atoms with Crippen molar-refractivity contribution in [2.75, 3.05) is 13.2 Å². The first-order valence-electron chi connectivity index (χ1n) is 5.53. The summed E-state index contributed by atoms with van der Waals surface area (Å²) in [4.78, 5) is 41.4. The van der Waals surface area contributed by atoms with Crippen LogP contribution >= 0.6 is 0 Å². The molecular weight excluding hydrogens is 268 g/mol. The molecule has 0 aliphatic heterocycles. The summed E-state index contributed by atoms with van der Waals surface area (Å²) in [6.45, 7) is 9.07. The zero-order valence-electron chi connectivity index (χ0n) is 11.5. The zero-order chi connectivity index (χ0) is 16.1. The Morgan fingerprint density at radius 2 is 1.55 bits per heavy atom. The largest absolute Gasteiger partial charge is 0.478 e. The van der Waals surface area contributed by atoms with Gasteiger partial charge in [-0.05, 0) is 13.8 Å². The lowest BCUT2D eigenvalue weighted by Gasteiger charge is -2.05. The van der Waals surface area contributed by atoms with Gasteiger partial charge in [0.05, 0.1) is 0 Å². The minimum absolute atomic E-state index is 0.0324. The molecule has 7 nitrogen and oxygen atoms in total. The zero-order valence-corrected chi connectivity index (χ0v) is 11.5. The molecule has 0 radical (unpaired) electrons. The number of carboxylic acids is 1. The monoisotopic (exact) mass is 286 g/mol. The van der Waals surface area contributed by atoms with Crippen molar-refractivity contribution in [3.63, 3.8) is 0 Å². The predicted molar refractivity (Wildman–Crippen MR) is 69.9 cm³/mol. The van der Waals surface area contributed by atoms with Gasteiger partial charge in [-0.2, -0.15) is 0 Å². The Morgan fingerprint density at radius 1 is 1.10 bits per heavy atom. The van der Waals surface area contributed by atoms with Gasteiger partial charge >= 0.3 is 17.9 Å². The summed E-state index contributed by atoms with van der Waals surface area (Å²) in [7, 11) is 0. The molecule has 0 aromatic heterocycles. The van der Waals surface area contributed by atoms with E-state index in [9.17, 15) is 19.2 Å². The van der Waals surface area contributed by atoms with Crippen LogP contribution in [0.2, 0.25) is 0 Å². The molecule has 0 saturated carbocycles. The molecule has 0 saturated heterocycles. The summed E-state index contributed by atoms with van der Waals surface area (Å²) in [5.74, 6) is -2.39. The third-order valence-electron chi connectivity index (χ3n) is 1.50. The molecule has 20 heavy (non-hydrogen) atoms. The third kappa shape index (κ3) is 15.6. The molecule has 0 rings (SSSR count). The summed E-state index contributed by atoms with van der Waals surface area (Å²) in [5.41, 5.74) is 0.282. The quantitative estimate of drug-likeness (QED) is 0.320. The van der Waals surface area contributed by atoms with E-state index in [1.54, 1.807) is 0 Å². The number of ketones is 1. The summed E-state index contributed by atoms with van der Waals surface area (Å²) < 4.78 is 9.27. The van der Waals surface area contributed by atoms with Crippen molar-refractivity contribution >= 4 is 23.7 Å². The molecule has 0 bridgehead atoms. The van der Waals surface area contributed by atoms with Gasteiger partial charge in [0.15, 0.2) is 0 Å². The first-order chi connectivity index (χ1) is 9.20. The van der Waals surface area contributed by atoms with E-state index in [0.29, 0.717) is 0 Å². The second-order valence-electron chi connectivity index (χ2n) is 3.56. The van der Waals surface area contributed by atoms with Crippen molar-refractivity contribution < 1.29 is 33.8 Å². The van der Waals surface area contributed by atoms with Gasteiger partial charge in [-0.1, -0.05) is 13.2 Å². The topological polar surface area (TPSA) is 107 Å². The molecule has 7 heteroatoms. The third-order valence-corrected chi connectivity index (χ3v) is 1.50. The number of hydrogen-bond acceptors (Lipinski definition) is 6. The summed E-state index contributed by atoms with van der Waals surface area (Å²) >= 11 is 0. The minimum atomic E-state index is -0.981. The highest BCUT2D eigenvalue weighted by atomic mass is 16.6. The Hall–Kier alpha value is -2.44. The second kappa shape index (κ2) is 11.6. The number of aliphatic carboxylic acids is 1. The van der Waals surface area contributed by atoms with Crippen LogP contribution in [0.5, 0.6) is 0 Å². The number of carbonyl (C=O) groups excluding carboxylic acids is 3. The highest BCUT2D eigenvalue weighted by molar-refractivity contribution is 5.94. The summed E-state index contributed by atoms with van der Waals surface area (Å²) in [5, 5.41) is 7.60. The molecule has 0 spiro atoms. The van der Waals surface area contributed by atoms with Crippen LogP contribution in [-0.2, 0) is 28.7 Å². The van der Waals surface area contributed by atoms with E-state index in [1.807, 2.05) is 0 Å². The lowest BCUT2D eigenvalue weighted by molar-refractivity contribution is -0.151. The number of rotatable bonds is 7. The van der Waals surface area contributed by atoms with Gasteiger partial charge in [0.25, 0.3) is 0 Å². The van der Waals surface area contributed by atoms with Gasteiger partial charge in [0.1, 0.15) is 25.4 Å². The lowest BCUT2D eigenvalue weighted by atomic mass is 10.3. The minimum Gasteiger partial charge on any atom is -0.478 e. The molecule has 0 atom stereocenters. The highest BCUT2D eigenvalue weighted by Gasteiger charge is 2.07. The number of ether oxygens (including phenoxy) is 2. The molecule has 0 aromatic rings. The van der Waals surface area contributed by atoms with Crippen LogP contribution < -0.4 is 0 Å². The SMILES string of the molecule is C=C(C)C(=O)OCCOC(=O)CC(C)=O.C=CC(=O)O. The van der Waals surface area contributed by atoms with Crippen LogP contribution in [0, 0.1) is 0 Å². The van der Waals surface area contributed by atoms with E-state index in [-0.39, 0.29) is 31.0 Å². The van der Waals surface area contributed by atoms with Gasteiger partial charge in [0, 0.05) is 11.6 Å². The van der Waals surface area contributed by atoms with E-state index in [4.69, 9.17) is 5.11 Å². The lowest BCUT2D eigenvalue weighted by Crippen LogP contribution is -2.15. The average molecular weight is 286 g/mol. The van der Waals surface area contributed by atoms with E-state index in [1.165, 1.54) is 13.8 Å². The molecular formula is C13H18O7. The molecule has 0 heterocycles. The van der Waals surface area contributed by atoms with Crippen LogP contribution in [0.1, 0.15) is 20.3 Å². The van der Waals surface area contributed by atoms with Crippen molar-refractivity contribution in [1.82, 2.24) is 0 Å². The Labute approximate surface area is 116 Å².